The van der Waals surface area contributed by atoms with E-state index in [0.717, 1.165) is 32.4 Å². The first kappa shape index (κ1) is 18.6. The number of hydrogen-bond donors (Lipinski definition) is 1. The van der Waals surface area contributed by atoms with Crippen LogP contribution in [-0.4, -0.2) is 34.3 Å². The minimum Gasteiger partial charge on any atom is -0.358 e. The number of H-pyrrole nitrogens is 1. The van der Waals surface area contributed by atoms with E-state index in [4.69, 9.17) is 0 Å². The summed E-state index contributed by atoms with van der Waals surface area (Å²) in [5.41, 5.74) is 5.03. The standard InChI is InChI=1S/C25H27FN2O/c26-19-10-8-18(9-11-19)24(29)7-3-15-28-16-4-13-25(28)14-12-23-21(17-25)20-5-1-2-6-22(20)27-23/h1-2,5-6,8-11,27H,3-4,7,12-17H2. The van der Waals surface area contributed by atoms with E-state index in [-0.39, 0.29) is 17.1 Å². The lowest BCUT2D eigenvalue weighted by Crippen LogP contribution is -2.48. The molecule has 1 aliphatic carbocycles. The molecule has 0 saturated carbocycles. The summed E-state index contributed by atoms with van der Waals surface area (Å²) in [6.07, 6.45) is 7.28. The van der Waals surface area contributed by atoms with Gasteiger partial charge in [-0.3, -0.25) is 9.69 Å². The molecule has 1 fully saturated rings. The van der Waals surface area contributed by atoms with Crippen LogP contribution in [0.1, 0.15) is 53.7 Å². The normalized spacial score (nSPS) is 21.7. The molecule has 29 heavy (non-hydrogen) atoms. The van der Waals surface area contributed by atoms with Gasteiger partial charge < -0.3 is 4.98 Å². The Bertz CT molecular complexity index is 1040. The number of rotatable bonds is 5. The van der Waals surface area contributed by atoms with Gasteiger partial charge in [-0.25, -0.2) is 4.39 Å². The maximum Gasteiger partial charge on any atom is 0.162 e. The van der Waals surface area contributed by atoms with E-state index in [1.807, 2.05) is 0 Å². The molecule has 1 aromatic heterocycles. The van der Waals surface area contributed by atoms with Gasteiger partial charge in [0.2, 0.25) is 0 Å². The third-order valence-electron chi connectivity index (χ3n) is 6.99. The summed E-state index contributed by atoms with van der Waals surface area (Å²) in [5, 5.41) is 1.37. The number of fused-ring (bicyclic) bond motifs is 3. The maximum atomic E-state index is 13.1. The number of likely N-dealkylation sites (tertiary alicyclic amines) is 1. The van der Waals surface area contributed by atoms with Gasteiger partial charge in [0.25, 0.3) is 0 Å². The van der Waals surface area contributed by atoms with E-state index in [1.54, 1.807) is 12.1 Å². The van der Waals surface area contributed by atoms with Gasteiger partial charge in [-0.15, -0.1) is 0 Å². The fourth-order valence-electron chi connectivity index (χ4n) is 5.48. The van der Waals surface area contributed by atoms with Crippen LogP contribution in [0.2, 0.25) is 0 Å². The molecule has 1 spiro atoms. The molecule has 1 unspecified atom stereocenters. The highest BCUT2D eigenvalue weighted by Gasteiger charge is 2.43. The molecule has 3 aromatic rings. The van der Waals surface area contributed by atoms with Gasteiger partial charge in [0, 0.05) is 34.1 Å². The minimum atomic E-state index is -0.297. The smallest absolute Gasteiger partial charge is 0.162 e. The van der Waals surface area contributed by atoms with E-state index < -0.39 is 0 Å². The molecule has 5 rings (SSSR count). The number of nitrogens with zero attached hydrogens (tertiary/aromatic N) is 1. The second-order valence-corrected chi connectivity index (χ2v) is 8.65. The van der Waals surface area contributed by atoms with Crippen molar-refractivity contribution in [3.05, 3.63) is 71.2 Å². The van der Waals surface area contributed by atoms with E-state index in [2.05, 4.69) is 34.1 Å². The molecular weight excluding hydrogens is 363 g/mol. The summed E-state index contributed by atoms with van der Waals surface area (Å²) in [6, 6.07) is 14.6. The second-order valence-electron chi connectivity index (χ2n) is 8.65. The lowest BCUT2D eigenvalue weighted by atomic mass is 9.78. The van der Waals surface area contributed by atoms with Crippen LogP contribution in [0.5, 0.6) is 0 Å². The Balaban J connectivity index is 1.27. The van der Waals surface area contributed by atoms with Crippen LogP contribution in [0.3, 0.4) is 0 Å². The molecule has 4 heteroatoms. The molecule has 1 aliphatic heterocycles. The highest BCUT2D eigenvalue weighted by Crippen LogP contribution is 2.42. The quantitative estimate of drug-likeness (QED) is 0.601. The SMILES string of the molecule is O=C(CCCN1CCCC12CCc1[nH]c3ccccc3c1C2)c1ccc(F)cc1. The molecule has 1 N–H and O–H groups in total. The van der Waals surface area contributed by atoms with Gasteiger partial charge in [0.1, 0.15) is 5.82 Å². The summed E-state index contributed by atoms with van der Waals surface area (Å²) in [5.74, 6) is -0.185. The van der Waals surface area contributed by atoms with Gasteiger partial charge in [-0.2, -0.15) is 0 Å². The molecular formula is C25H27FN2O. The zero-order valence-corrected chi connectivity index (χ0v) is 16.7. The first-order valence-electron chi connectivity index (χ1n) is 10.8. The van der Waals surface area contributed by atoms with Crippen molar-refractivity contribution in [3.8, 4) is 0 Å². The summed E-state index contributed by atoms with van der Waals surface area (Å²) in [6.45, 7) is 2.09. The predicted octanol–water partition coefficient (Wildman–Crippen LogP) is 5.29. The number of aromatic amines is 1. The van der Waals surface area contributed by atoms with Crippen LogP contribution in [0.25, 0.3) is 10.9 Å². The Labute approximate surface area is 170 Å². The largest absolute Gasteiger partial charge is 0.358 e. The van der Waals surface area contributed by atoms with Crippen molar-refractivity contribution in [3.63, 3.8) is 0 Å². The lowest BCUT2D eigenvalue weighted by Gasteiger charge is -2.42. The molecule has 1 atom stereocenters. The summed E-state index contributed by atoms with van der Waals surface area (Å²) < 4.78 is 13.1. The Morgan fingerprint density at radius 2 is 1.93 bits per heavy atom. The fourth-order valence-corrected chi connectivity index (χ4v) is 5.48. The van der Waals surface area contributed by atoms with Crippen LogP contribution >= 0.6 is 0 Å². The Morgan fingerprint density at radius 1 is 1.10 bits per heavy atom. The Morgan fingerprint density at radius 3 is 2.79 bits per heavy atom. The van der Waals surface area contributed by atoms with E-state index in [1.165, 1.54) is 53.6 Å². The third-order valence-corrected chi connectivity index (χ3v) is 6.99. The number of hydrogen-bond acceptors (Lipinski definition) is 2. The van der Waals surface area contributed by atoms with Gasteiger partial charge in [-0.05, 0) is 87.5 Å². The number of Topliss-reactive ketones (excluding diaryl/α,β-unsaturated/α-hetero) is 1. The average Bonchev–Trinajstić information content (AvgIpc) is 3.30. The van der Waals surface area contributed by atoms with Gasteiger partial charge in [0.15, 0.2) is 5.78 Å². The molecule has 0 amide bonds. The predicted molar refractivity (Wildman–Crippen MR) is 114 cm³/mol. The second kappa shape index (κ2) is 7.42. The molecule has 150 valence electrons. The topological polar surface area (TPSA) is 36.1 Å². The van der Waals surface area contributed by atoms with Crippen LogP contribution in [0.4, 0.5) is 4.39 Å². The summed E-state index contributed by atoms with van der Waals surface area (Å²) in [7, 11) is 0. The minimum absolute atomic E-state index is 0.112. The van der Waals surface area contributed by atoms with Crippen LogP contribution < -0.4 is 0 Å². The number of nitrogens with one attached hydrogen (secondary N) is 1. The van der Waals surface area contributed by atoms with Crippen LogP contribution in [0.15, 0.2) is 48.5 Å². The summed E-state index contributed by atoms with van der Waals surface area (Å²) >= 11 is 0. The number of benzene rings is 2. The highest BCUT2D eigenvalue weighted by atomic mass is 19.1. The fraction of sp³-hybridized carbons (Fsp3) is 0.400. The maximum absolute atomic E-state index is 13.1. The molecule has 2 heterocycles. The van der Waals surface area contributed by atoms with Crippen molar-refractivity contribution in [2.45, 2.75) is 50.5 Å². The lowest BCUT2D eigenvalue weighted by molar-refractivity contribution is 0.0941. The van der Waals surface area contributed by atoms with Crippen molar-refractivity contribution < 1.29 is 9.18 Å². The van der Waals surface area contributed by atoms with Crippen molar-refractivity contribution in [1.82, 2.24) is 9.88 Å². The van der Waals surface area contributed by atoms with E-state index in [0.29, 0.717) is 12.0 Å². The average molecular weight is 391 g/mol. The molecule has 3 nitrogen and oxygen atoms in total. The van der Waals surface area contributed by atoms with Gasteiger partial charge >= 0.3 is 0 Å². The molecule has 1 saturated heterocycles. The number of aromatic nitrogens is 1. The van der Waals surface area contributed by atoms with Gasteiger partial charge in [0.05, 0.1) is 0 Å². The zero-order valence-electron chi connectivity index (χ0n) is 16.7. The first-order valence-corrected chi connectivity index (χ1v) is 10.8. The number of carbonyl (C=O) groups is 1. The number of ketones is 1. The van der Waals surface area contributed by atoms with E-state index in [9.17, 15) is 9.18 Å². The first-order chi connectivity index (χ1) is 14.1. The van der Waals surface area contributed by atoms with Gasteiger partial charge in [-0.1, -0.05) is 18.2 Å². The Hall–Kier alpha value is -2.46. The Kier molecular flexibility index (Phi) is 4.75. The third kappa shape index (κ3) is 3.40. The number of aryl methyl sites for hydroxylation is 1. The van der Waals surface area contributed by atoms with Crippen LogP contribution in [0, 0.1) is 5.82 Å². The highest BCUT2D eigenvalue weighted by molar-refractivity contribution is 5.96. The molecule has 2 aliphatic rings. The number of carbonyl (C=O) groups excluding carboxylic acids is 1. The van der Waals surface area contributed by atoms with E-state index >= 15 is 0 Å². The van der Waals surface area contributed by atoms with Crippen molar-refractivity contribution in [2.75, 3.05) is 13.1 Å². The van der Waals surface area contributed by atoms with Crippen LogP contribution in [-0.2, 0) is 12.8 Å². The van der Waals surface area contributed by atoms with Crippen molar-refractivity contribution >= 4 is 16.7 Å². The molecule has 0 bridgehead atoms. The van der Waals surface area contributed by atoms with Crippen molar-refractivity contribution in [1.29, 1.82) is 0 Å². The molecule has 2 aromatic carbocycles. The number of para-hydroxylation sites is 1. The monoisotopic (exact) mass is 390 g/mol. The number of halogens is 1. The zero-order chi connectivity index (χ0) is 19.8. The summed E-state index contributed by atoms with van der Waals surface area (Å²) in [4.78, 5) is 18.7. The molecule has 0 radical (unpaired) electrons. The van der Waals surface area contributed by atoms with Crippen molar-refractivity contribution in [2.24, 2.45) is 0 Å².